The second kappa shape index (κ2) is 8.06. The number of benzene rings is 3. The first-order chi connectivity index (χ1) is 14.3. The molecule has 0 amide bonds. The number of rotatable bonds is 5. The van der Waals surface area contributed by atoms with Gasteiger partial charge in [-0.1, -0.05) is 30.3 Å². The first kappa shape index (κ1) is 19.0. The summed E-state index contributed by atoms with van der Waals surface area (Å²) in [5.74, 6) is 0. The fraction of sp³-hybridized carbons (Fsp3) is 0.462. The lowest BCUT2D eigenvalue weighted by Crippen LogP contribution is -2.19. The largest absolute Gasteiger partial charge is 0.352 e. The molecule has 1 aliphatic carbocycles. The molecule has 152 valence electrons. The minimum absolute atomic E-state index is 0.342. The van der Waals surface area contributed by atoms with Crippen LogP contribution < -0.4 is 0 Å². The number of likely N-dealkylation sites (tertiary alicyclic amines) is 1. The molecule has 2 aliphatic rings. The Morgan fingerprint density at radius 2 is 1.66 bits per heavy atom. The van der Waals surface area contributed by atoms with Gasteiger partial charge in [-0.2, -0.15) is 0 Å². The molecular formula is C26H31NO2. The molecule has 0 spiro atoms. The molecule has 0 aromatic heterocycles. The molecule has 1 aliphatic heterocycles. The fourth-order valence-electron chi connectivity index (χ4n) is 5.51. The lowest BCUT2D eigenvalue weighted by Gasteiger charge is -2.24. The maximum absolute atomic E-state index is 5.69. The van der Waals surface area contributed by atoms with Gasteiger partial charge in [-0.3, -0.25) is 4.90 Å². The van der Waals surface area contributed by atoms with Gasteiger partial charge >= 0.3 is 0 Å². The standard InChI is InChI=1S/C26H31NO2/c1-28-26(29-2)23-11-7-10-22-21-13-12-18-8-3-4-9-20(18)24(21)16-19(25(22)23)17-27-14-5-6-15-27/h7,10-13,16,26H,3-6,8-9,14-15,17H2,1-2H3. The molecule has 1 saturated heterocycles. The van der Waals surface area contributed by atoms with E-state index in [0.29, 0.717) is 0 Å². The third-order valence-corrected chi connectivity index (χ3v) is 6.88. The Labute approximate surface area is 173 Å². The zero-order chi connectivity index (χ0) is 19.8. The van der Waals surface area contributed by atoms with Gasteiger partial charge in [0, 0.05) is 26.3 Å². The Morgan fingerprint density at radius 1 is 0.862 bits per heavy atom. The summed E-state index contributed by atoms with van der Waals surface area (Å²) in [4.78, 5) is 2.60. The number of hydrogen-bond donors (Lipinski definition) is 0. The second-order valence-corrected chi connectivity index (χ2v) is 8.60. The highest BCUT2D eigenvalue weighted by molar-refractivity contribution is 6.11. The van der Waals surface area contributed by atoms with Crippen LogP contribution in [0.4, 0.5) is 0 Å². The summed E-state index contributed by atoms with van der Waals surface area (Å²) < 4.78 is 11.4. The third kappa shape index (κ3) is 3.35. The summed E-state index contributed by atoms with van der Waals surface area (Å²) in [5, 5.41) is 5.49. The summed E-state index contributed by atoms with van der Waals surface area (Å²) in [5.41, 5.74) is 5.70. The average molecular weight is 390 g/mol. The zero-order valence-electron chi connectivity index (χ0n) is 17.7. The van der Waals surface area contributed by atoms with Crippen molar-refractivity contribution in [1.29, 1.82) is 0 Å². The zero-order valence-corrected chi connectivity index (χ0v) is 17.7. The molecule has 0 unspecified atom stereocenters. The van der Waals surface area contributed by atoms with Crippen LogP contribution in [0.15, 0.2) is 36.4 Å². The van der Waals surface area contributed by atoms with E-state index in [-0.39, 0.29) is 6.29 Å². The predicted octanol–water partition coefficient (Wildman–Crippen LogP) is 5.76. The van der Waals surface area contributed by atoms with Crippen LogP contribution >= 0.6 is 0 Å². The maximum Gasteiger partial charge on any atom is 0.183 e. The van der Waals surface area contributed by atoms with Gasteiger partial charge in [0.05, 0.1) is 0 Å². The Balaban J connectivity index is 1.80. The van der Waals surface area contributed by atoms with Crippen LogP contribution in [-0.4, -0.2) is 32.2 Å². The summed E-state index contributed by atoms with van der Waals surface area (Å²) >= 11 is 0. The van der Waals surface area contributed by atoms with Gasteiger partial charge in [0.1, 0.15) is 0 Å². The van der Waals surface area contributed by atoms with Gasteiger partial charge in [0.15, 0.2) is 6.29 Å². The summed E-state index contributed by atoms with van der Waals surface area (Å²) in [6, 6.07) is 13.8. The number of methoxy groups -OCH3 is 2. The second-order valence-electron chi connectivity index (χ2n) is 8.60. The normalized spacial score (nSPS) is 17.5. The van der Waals surface area contributed by atoms with Crippen LogP contribution in [0.1, 0.15) is 54.2 Å². The molecule has 0 saturated carbocycles. The van der Waals surface area contributed by atoms with Crippen LogP contribution in [0.25, 0.3) is 21.5 Å². The quantitative estimate of drug-likeness (QED) is 0.409. The number of hydrogen-bond acceptors (Lipinski definition) is 3. The molecule has 5 rings (SSSR count). The molecule has 0 atom stereocenters. The van der Waals surface area contributed by atoms with Crippen molar-refractivity contribution in [2.45, 2.75) is 51.4 Å². The lowest BCUT2D eigenvalue weighted by atomic mass is 9.84. The van der Waals surface area contributed by atoms with Crippen molar-refractivity contribution >= 4 is 21.5 Å². The van der Waals surface area contributed by atoms with E-state index < -0.39 is 0 Å². The monoisotopic (exact) mass is 389 g/mol. The third-order valence-electron chi connectivity index (χ3n) is 6.88. The van der Waals surface area contributed by atoms with Gasteiger partial charge in [0.25, 0.3) is 0 Å². The molecule has 1 heterocycles. The summed E-state index contributed by atoms with van der Waals surface area (Å²) in [7, 11) is 3.45. The number of nitrogens with zero attached hydrogens (tertiary/aromatic N) is 1. The Hall–Kier alpha value is -1.94. The van der Waals surface area contributed by atoms with Crippen LogP contribution in [0, 0.1) is 0 Å². The van der Waals surface area contributed by atoms with E-state index in [1.807, 2.05) is 0 Å². The van der Waals surface area contributed by atoms with E-state index in [1.54, 1.807) is 25.3 Å². The van der Waals surface area contributed by atoms with Crippen molar-refractivity contribution in [2.24, 2.45) is 0 Å². The molecule has 1 fully saturated rings. The van der Waals surface area contributed by atoms with Crippen molar-refractivity contribution < 1.29 is 9.47 Å². The molecular weight excluding hydrogens is 358 g/mol. The maximum atomic E-state index is 5.69. The smallest absolute Gasteiger partial charge is 0.183 e. The van der Waals surface area contributed by atoms with Crippen molar-refractivity contribution in [3.8, 4) is 0 Å². The van der Waals surface area contributed by atoms with Crippen molar-refractivity contribution in [3.05, 3.63) is 58.7 Å². The minimum Gasteiger partial charge on any atom is -0.352 e. The van der Waals surface area contributed by atoms with Gasteiger partial charge in [0.2, 0.25) is 0 Å². The minimum atomic E-state index is -0.342. The van der Waals surface area contributed by atoms with Crippen LogP contribution in [0.2, 0.25) is 0 Å². The first-order valence-corrected chi connectivity index (χ1v) is 11.1. The predicted molar refractivity (Wildman–Crippen MR) is 119 cm³/mol. The average Bonchev–Trinajstić information content (AvgIpc) is 3.27. The summed E-state index contributed by atoms with van der Waals surface area (Å²) in [6.45, 7) is 3.41. The molecule has 29 heavy (non-hydrogen) atoms. The fourth-order valence-corrected chi connectivity index (χ4v) is 5.51. The molecule has 3 aromatic rings. The number of fused-ring (bicyclic) bond motifs is 5. The van der Waals surface area contributed by atoms with Crippen LogP contribution in [0.3, 0.4) is 0 Å². The Morgan fingerprint density at radius 3 is 2.45 bits per heavy atom. The van der Waals surface area contributed by atoms with Crippen molar-refractivity contribution in [3.63, 3.8) is 0 Å². The lowest BCUT2D eigenvalue weighted by molar-refractivity contribution is -0.105. The molecule has 3 nitrogen and oxygen atoms in total. The van der Waals surface area contributed by atoms with Crippen molar-refractivity contribution in [1.82, 2.24) is 4.90 Å². The highest BCUT2D eigenvalue weighted by Gasteiger charge is 2.22. The topological polar surface area (TPSA) is 21.7 Å². The molecule has 0 bridgehead atoms. The van der Waals surface area contributed by atoms with Gasteiger partial charge in [-0.15, -0.1) is 0 Å². The van der Waals surface area contributed by atoms with Crippen molar-refractivity contribution in [2.75, 3.05) is 27.3 Å². The van der Waals surface area contributed by atoms with Crippen LogP contribution in [0.5, 0.6) is 0 Å². The number of ether oxygens (including phenoxy) is 2. The molecule has 3 aromatic carbocycles. The van der Waals surface area contributed by atoms with E-state index in [0.717, 1.165) is 12.1 Å². The Bertz CT molecular complexity index is 1030. The SMILES string of the molecule is COC(OC)c1cccc2c1c(CN1CCCC1)cc1c3c(ccc12)CCCC3. The van der Waals surface area contributed by atoms with E-state index in [2.05, 4.69) is 41.3 Å². The number of aryl methyl sites for hydroxylation is 2. The molecule has 0 N–H and O–H groups in total. The van der Waals surface area contributed by atoms with E-state index >= 15 is 0 Å². The molecule has 0 radical (unpaired) electrons. The highest BCUT2D eigenvalue weighted by atomic mass is 16.7. The van der Waals surface area contributed by atoms with E-state index in [1.165, 1.54) is 78.7 Å². The molecule has 3 heteroatoms. The van der Waals surface area contributed by atoms with E-state index in [4.69, 9.17) is 9.47 Å². The van der Waals surface area contributed by atoms with Gasteiger partial charge in [-0.05, 0) is 95.9 Å². The highest BCUT2D eigenvalue weighted by Crippen LogP contribution is 2.39. The van der Waals surface area contributed by atoms with Gasteiger partial charge in [-0.25, -0.2) is 0 Å². The van der Waals surface area contributed by atoms with Gasteiger partial charge < -0.3 is 9.47 Å². The first-order valence-electron chi connectivity index (χ1n) is 11.1. The van der Waals surface area contributed by atoms with E-state index in [9.17, 15) is 0 Å². The summed E-state index contributed by atoms with van der Waals surface area (Å²) in [6.07, 6.45) is 7.34. The van der Waals surface area contributed by atoms with Crippen LogP contribution in [-0.2, 0) is 28.9 Å². The Kier molecular flexibility index (Phi) is 5.29.